The smallest absolute Gasteiger partial charge is 0.124 e. The Bertz CT molecular complexity index is 1000. The van der Waals surface area contributed by atoms with Crippen LogP contribution in [0.3, 0.4) is 0 Å². The van der Waals surface area contributed by atoms with Gasteiger partial charge in [-0.1, -0.05) is 67.4 Å². The Balaban J connectivity index is 1.56. The summed E-state index contributed by atoms with van der Waals surface area (Å²) in [5, 5.41) is 5.14. The first-order chi connectivity index (χ1) is 14.9. The summed E-state index contributed by atoms with van der Waals surface area (Å²) in [6.07, 6.45) is 5.81. The third kappa shape index (κ3) is 2.87. The molecule has 152 valence electrons. The Hall–Kier alpha value is -2.94. The number of rotatable bonds is 2. The van der Waals surface area contributed by atoms with E-state index in [1.807, 2.05) is 0 Å². The van der Waals surface area contributed by atoms with Crippen molar-refractivity contribution in [2.45, 2.75) is 38.4 Å². The van der Waals surface area contributed by atoms with Gasteiger partial charge in [-0.05, 0) is 54.7 Å². The SMILES string of the molecule is c1ccc(N2Cc3ccccc3N3C[C@@H]4CCCC[C@@H]4[C@H]3N2c2ccccc2)cc1. The monoisotopic (exact) mass is 395 g/mol. The molecule has 2 aliphatic heterocycles. The molecule has 0 spiro atoms. The molecule has 3 aliphatic rings. The molecule has 2 heterocycles. The number of hydrazine groups is 1. The molecular weight excluding hydrogens is 366 g/mol. The standard InChI is InChI=1S/C27H29N3/c1-3-13-23(14-4-1)29-20-22-12-8-10-18-26(22)28-19-21-11-7-9-17-25(21)27(28)30(29)24-15-5-2-6-16-24/h1-6,8,10,12-16,18,21,25,27H,7,9,11,17,19-20H2/t21-,25-,27+/m0/s1. The number of fused-ring (bicyclic) bond motifs is 5. The predicted octanol–water partition coefficient (Wildman–Crippen LogP) is 6.08. The van der Waals surface area contributed by atoms with Gasteiger partial charge in [-0.3, -0.25) is 10.0 Å². The lowest BCUT2D eigenvalue weighted by atomic mass is 9.80. The van der Waals surface area contributed by atoms with E-state index in [4.69, 9.17) is 0 Å². The van der Waals surface area contributed by atoms with E-state index in [2.05, 4.69) is 99.8 Å². The van der Waals surface area contributed by atoms with Gasteiger partial charge in [0, 0.05) is 18.2 Å². The first-order valence-corrected chi connectivity index (χ1v) is 11.4. The van der Waals surface area contributed by atoms with Crippen molar-refractivity contribution in [1.29, 1.82) is 0 Å². The van der Waals surface area contributed by atoms with Crippen LogP contribution in [0.15, 0.2) is 84.9 Å². The summed E-state index contributed by atoms with van der Waals surface area (Å²) in [7, 11) is 0. The highest BCUT2D eigenvalue weighted by molar-refractivity contribution is 5.67. The molecule has 0 unspecified atom stereocenters. The van der Waals surface area contributed by atoms with Crippen molar-refractivity contribution in [1.82, 2.24) is 0 Å². The van der Waals surface area contributed by atoms with Crippen LogP contribution in [-0.2, 0) is 6.54 Å². The summed E-state index contributed by atoms with van der Waals surface area (Å²) in [5.41, 5.74) is 5.40. The molecule has 0 radical (unpaired) electrons. The highest BCUT2D eigenvalue weighted by Gasteiger charge is 2.49. The second-order valence-corrected chi connectivity index (χ2v) is 8.98. The lowest BCUT2D eigenvalue weighted by molar-refractivity contribution is 0.261. The largest absolute Gasteiger partial charge is 0.349 e. The molecule has 0 aromatic heterocycles. The molecule has 0 bridgehead atoms. The van der Waals surface area contributed by atoms with Crippen LogP contribution in [0.1, 0.15) is 31.2 Å². The van der Waals surface area contributed by atoms with Crippen LogP contribution >= 0.6 is 0 Å². The fraction of sp³-hybridized carbons (Fsp3) is 0.333. The average Bonchev–Trinajstić information content (AvgIpc) is 3.12. The minimum absolute atomic E-state index is 0.363. The van der Waals surface area contributed by atoms with Gasteiger partial charge in [0.1, 0.15) is 6.17 Å². The second kappa shape index (κ2) is 7.39. The van der Waals surface area contributed by atoms with Crippen molar-refractivity contribution < 1.29 is 0 Å². The quantitative estimate of drug-likeness (QED) is 0.520. The molecule has 30 heavy (non-hydrogen) atoms. The van der Waals surface area contributed by atoms with E-state index in [0.717, 1.165) is 12.5 Å². The predicted molar refractivity (Wildman–Crippen MR) is 125 cm³/mol. The zero-order valence-electron chi connectivity index (χ0n) is 17.4. The second-order valence-electron chi connectivity index (χ2n) is 8.98. The molecule has 6 rings (SSSR count). The van der Waals surface area contributed by atoms with E-state index in [-0.39, 0.29) is 0 Å². The Morgan fingerprint density at radius 2 is 1.33 bits per heavy atom. The van der Waals surface area contributed by atoms with Gasteiger partial charge in [0.15, 0.2) is 0 Å². The van der Waals surface area contributed by atoms with E-state index in [1.54, 1.807) is 0 Å². The maximum Gasteiger partial charge on any atom is 0.124 e. The van der Waals surface area contributed by atoms with Crippen LogP contribution in [0.4, 0.5) is 17.1 Å². The number of para-hydroxylation sites is 3. The number of anilines is 3. The fourth-order valence-electron chi connectivity index (χ4n) is 6.00. The lowest BCUT2D eigenvalue weighted by Gasteiger charge is -2.45. The Kier molecular flexibility index (Phi) is 4.40. The number of hydrogen-bond acceptors (Lipinski definition) is 3. The van der Waals surface area contributed by atoms with Crippen molar-refractivity contribution in [3.05, 3.63) is 90.5 Å². The molecule has 0 amide bonds. The van der Waals surface area contributed by atoms with Crippen LogP contribution in [0.2, 0.25) is 0 Å². The molecule has 1 saturated carbocycles. The van der Waals surface area contributed by atoms with Crippen LogP contribution in [0.5, 0.6) is 0 Å². The zero-order chi connectivity index (χ0) is 19.9. The van der Waals surface area contributed by atoms with Gasteiger partial charge in [0.2, 0.25) is 0 Å². The highest BCUT2D eigenvalue weighted by atomic mass is 15.7. The third-order valence-corrected chi connectivity index (χ3v) is 7.31. The van der Waals surface area contributed by atoms with E-state index in [9.17, 15) is 0 Å². The zero-order valence-corrected chi connectivity index (χ0v) is 17.4. The number of nitrogens with zero attached hydrogens (tertiary/aromatic N) is 3. The van der Waals surface area contributed by atoms with Crippen LogP contribution in [0, 0.1) is 11.8 Å². The van der Waals surface area contributed by atoms with E-state index in [1.165, 1.54) is 54.9 Å². The maximum absolute atomic E-state index is 2.73. The van der Waals surface area contributed by atoms with Crippen molar-refractivity contribution >= 4 is 17.1 Å². The molecule has 3 atom stereocenters. The average molecular weight is 396 g/mol. The van der Waals surface area contributed by atoms with Crippen molar-refractivity contribution in [2.24, 2.45) is 11.8 Å². The van der Waals surface area contributed by atoms with Gasteiger partial charge in [0.25, 0.3) is 0 Å². The molecule has 0 N–H and O–H groups in total. The summed E-state index contributed by atoms with van der Waals surface area (Å²) in [6.45, 7) is 2.07. The number of hydrogen-bond donors (Lipinski definition) is 0. The van der Waals surface area contributed by atoms with Crippen molar-refractivity contribution in [2.75, 3.05) is 21.5 Å². The van der Waals surface area contributed by atoms with Crippen molar-refractivity contribution in [3.8, 4) is 0 Å². The van der Waals surface area contributed by atoms with Gasteiger partial charge in [-0.25, -0.2) is 0 Å². The Labute approximate surface area is 179 Å². The molecule has 2 fully saturated rings. The highest BCUT2D eigenvalue weighted by Crippen LogP contribution is 2.48. The molecule has 3 aromatic carbocycles. The van der Waals surface area contributed by atoms with Gasteiger partial charge < -0.3 is 4.90 Å². The molecule has 3 heteroatoms. The minimum Gasteiger partial charge on any atom is -0.349 e. The maximum atomic E-state index is 2.73. The van der Waals surface area contributed by atoms with Gasteiger partial charge in [0.05, 0.1) is 17.9 Å². The van der Waals surface area contributed by atoms with Crippen LogP contribution in [0.25, 0.3) is 0 Å². The molecular formula is C27H29N3. The Morgan fingerprint density at radius 1 is 0.667 bits per heavy atom. The third-order valence-electron chi connectivity index (χ3n) is 7.31. The molecule has 1 aliphatic carbocycles. The Morgan fingerprint density at radius 3 is 2.13 bits per heavy atom. The van der Waals surface area contributed by atoms with Crippen LogP contribution < -0.4 is 14.9 Å². The first-order valence-electron chi connectivity index (χ1n) is 11.4. The van der Waals surface area contributed by atoms with E-state index in [0.29, 0.717) is 12.1 Å². The van der Waals surface area contributed by atoms with E-state index >= 15 is 0 Å². The van der Waals surface area contributed by atoms with Crippen LogP contribution in [-0.4, -0.2) is 12.7 Å². The fourth-order valence-corrected chi connectivity index (χ4v) is 6.00. The van der Waals surface area contributed by atoms with Gasteiger partial charge in [-0.15, -0.1) is 0 Å². The van der Waals surface area contributed by atoms with E-state index < -0.39 is 0 Å². The van der Waals surface area contributed by atoms with Gasteiger partial charge in [-0.2, -0.15) is 0 Å². The molecule has 3 aromatic rings. The summed E-state index contributed by atoms with van der Waals surface area (Å²) in [5.74, 6) is 1.50. The topological polar surface area (TPSA) is 9.72 Å². The van der Waals surface area contributed by atoms with Crippen molar-refractivity contribution in [3.63, 3.8) is 0 Å². The minimum atomic E-state index is 0.363. The lowest BCUT2D eigenvalue weighted by Crippen LogP contribution is -2.55. The normalized spacial score (nSPS) is 25.3. The summed E-state index contributed by atoms with van der Waals surface area (Å²) < 4.78 is 0. The molecule has 3 nitrogen and oxygen atoms in total. The molecule has 1 saturated heterocycles. The first kappa shape index (κ1) is 17.9. The summed E-state index contributed by atoms with van der Waals surface area (Å²) in [4.78, 5) is 2.73. The number of benzene rings is 3. The summed E-state index contributed by atoms with van der Waals surface area (Å²) in [6, 6.07) is 31.0. The van der Waals surface area contributed by atoms with Gasteiger partial charge >= 0.3 is 0 Å². The summed E-state index contributed by atoms with van der Waals surface area (Å²) >= 11 is 0.